The highest BCUT2D eigenvalue weighted by molar-refractivity contribution is 5.77. The van der Waals surface area contributed by atoms with Crippen LogP contribution >= 0.6 is 0 Å². The third-order valence-corrected chi connectivity index (χ3v) is 2.59. The summed E-state index contributed by atoms with van der Waals surface area (Å²) in [5.74, 6) is 0.695. The molecule has 2 rings (SSSR count). The Labute approximate surface area is 121 Å². The van der Waals surface area contributed by atoms with E-state index in [0.29, 0.717) is 18.4 Å². The Hall–Kier alpha value is -2.71. The van der Waals surface area contributed by atoms with Crippen LogP contribution in [0.4, 0.5) is 11.9 Å². The maximum absolute atomic E-state index is 11.5. The molecule has 0 radical (unpaired) electrons. The zero-order valence-corrected chi connectivity index (χ0v) is 12.1. The van der Waals surface area contributed by atoms with Gasteiger partial charge in [-0.05, 0) is 13.8 Å². The minimum Gasteiger partial charge on any atom is -0.467 e. The first-order valence-electron chi connectivity index (χ1n) is 6.46. The van der Waals surface area contributed by atoms with Crippen molar-refractivity contribution in [2.45, 2.75) is 19.9 Å². The Kier molecular flexibility index (Phi) is 4.64. The normalized spacial score (nSPS) is 11.8. The van der Waals surface area contributed by atoms with Crippen molar-refractivity contribution in [3.8, 4) is 5.95 Å². The third kappa shape index (κ3) is 3.65. The van der Waals surface area contributed by atoms with Gasteiger partial charge in [0.05, 0.1) is 7.11 Å². The quantitative estimate of drug-likeness (QED) is 0.739. The Bertz CT molecular complexity index is 600. The summed E-state index contributed by atoms with van der Waals surface area (Å²) in [5, 5.41) is 5.90. The lowest BCUT2D eigenvalue weighted by Gasteiger charge is -2.13. The van der Waals surface area contributed by atoms with Crippen molar-refractivity contribution in [2.75, 3.05) is 24.3 Å². The van der Waals surface area contributed by atoms with Crippen LogP contribution in [-0.4, -0.2) is 50.2 Å². The van der Waals surface area contributed by atoms with Crippen LogP contribution in [0.1, 0.15) is 13.8 Å². The van der Waals surface area contributed by atoms with Crippen LogP contribution in [0.5, 0.6) is 0 Å². The number of imidazole rings is 1. The number of rotatable bonds is 6. The molecule has 0 saturated carbocycles. The fourth-order valence-corrected chi connectivity index (χ4v) is 1.59. The molecule has 0 aliphatic rings. The van der Waals surface area contributed by atoms with E-state index in [1.807, 2.05) is 6.92 Å². The number of methoxy groups -OCH3 is 1. The topological polar surface area (TPSA) is 107 Å². The van der Waals surface area contributed by atoms with Crippen molar-refractivity contribution >= 4 is 17.9 Å². The van der Waals surface area contributed by atoms with E-state index >= 15 is 0 Å². The van der Waals surface area contributed by atoms with Crippen LogP contribution in [0.3, 0.4) is 0 Å². The maximum atomic E-state index is 11.5. The molecule has 0 spiro atoms. The number of nitrogens with zero attached hydrogens (tertiary/aromatic N) is 5. The molecular formula is C12H17N7O2. The van der Waals surface area contributed by atoms with E-state index in [2.05, 4.69) is 35.3 Å². The molecule has 0 saturated heterocycles. The molecule has 0 aliphatic heterocycles. The molecule has 9 heteroatoms. The highest BCUT2D eigenvalue weighted by Gasteiger charge is 2.15. The van der Waals surface area contributed by atoms with Crippen molar-refractivity contribution in [3.05, 3.63) is 18.7 Å². The molecule has 0 aromatic carbocycles. The van der Waals surface area contributed by atoms with Gasteiger partial charge in [-0.25, -0.2) is 9.78 Å². The SMILES string of the molecule is CCNc1nc(NC(C)C(=O)OC)nc(-n2ccnc2)n1. The minimum atomic E-state index is -0.567. The van der Waals surface area contributed by atoms with E-state index in [-0.39, 0.29) is 5.95 Å². The first-order valence-corrected chi connectivity index (χ1v) is 6.46. The maximum Gasteiger partial charge on any atom is 0.328 e. The summed E-state index contributed by atoms with van der Waals surface area (Å²) >= 11 is 0. The van der Waals surface area contributed by atoms with Crippen LogP contribution in [0, 0.1) is 0 Å². The van der Waals surface area contributed by atoms with Gasteiger partial charge in [-0.3, -0.25) is 4.57 Å². The molecule has 1 unspecified atom stereocenters. The van der Waals surface area contributed by atoms with Gasteiger partial charge in [0, 0.05) is 18.9 Å². The molecule has 0 amide bonds. The number of aromatic nitrogens is 5. The molecule has 9 nitrogen and oxygen atoms in total. The van der Waals surface area contributed by atoms with Crippen LogP contribution in [-0.2, 0) is 9.53 Å². The molecular weight excluding hydrogens is 274 g/mol. The Morgan fingerprint density at radius 1 is 1.38 bits per heavy atom. The predicted octanol–water partition coefficient (Wildman–Crippen LogP) is 0.462. The lowest BCUT2D eigenvalue weighted by Crippen LogP contribution is -2.28. The first kappa shape index (κ1) is 14.7. The second-order valence-corrected chi connectivity index (χ2v) is 4.17. The summed E-state index contributed by atoms with van der Waals surface area (Å²) in [4.78, 5) is 28.1. The fraction of sp³-hybridized carbons (Fsp3) is 0.417. The highest BCUT2D eigenvalue weighted by atomic mass is 16.5. The van der Waals surface area contributed by atoms with Gasteiger partial charge in [0.15, 0.2) is 0 Å². The van der Waals surface area contributed by atoms with Crippen LogP contribution in [0.2, 0.25) is 0 Å². The van der Waals surface area contributed by atoms with Gasteiger partial charge >= 0.3 is 5.97 Å². The Morgan fingerprint density at radius 2 is 2.14 bits per heavy atom. The van der Waals surface area contributed by atoms with Gasteiger partial charge < -0.3 is 15.4 Å². The van der Waals surface area contributed by atoms with Gasteiger partial charge in [0.25, 0.3) is 0 Å². The molecule has 2 aromatic heterocycles. The number of ether oxygens (including phenoxy) is 1. The number of hydrogen-bond donors (Lipinski definition) is 2. The smallest absolute Gasteiger partial charge is 0.328 e. The van der Waals surface area contributed by atoms with Crippen molar-refractivity contribution in [3.63, 3.8) is 0 Å². The number of nitrogens with one attached hydrogen (secondary N) is 2. The van der Waals surface area contributed by atoms with Gasteiger partial charge in [-0.2, -0.15) is 15.0 Å². The van der Waals surface area contributed by atoms with E-state index in [1.54, 1.807) is 30.2 Å². The largest absolute Gasteiger partial charge is 0.467 e. The molecule has 1 atom stereocenters. The molecule has 112 valence electrons. The van der Waals surface area contributed by atoms with E-state index in [0.717, 1.165) is 0 Å². The second kappa shape index (κ2) is 6.64. The van der Waals surface area contributed by atoms with E-state index in [9.17, 15) is 4.79 Å². The third-order valence-electron chi connectivity index (χ3n) is 2.59. The number of esters is 1. The van der Waals surface area contributed by atoms with Gasteiger partial charge in [-0.15, -0.1) is 0 Å². The van der Waals surface area contributed by atoms with Crippen molar-refractivity contribution in [2.24, 2.45) is 0 Å². The molecule has 0 fully saturated rings. The molecule has 0 bridgehead atoms. The van der Waals surface area contributed by atoms with E-state index in [1.165, 1.54) is 7.11 Å². The number of anilines is 2. The van der Waals surface area contributed by atoms with Crippen molar-refractivity contribution < 1.29 is 9.53 Å². The molecule has 2 heterocycles. The van der Waals surface area contributed by atoms with Crippen LogP contribution in [0.25, 0.3) is 5.95 Å². The van der Waals surface area contributed by atoms with Crippen molar-refractivity contribution in [1.29, 1.82) is 0 Å². The number of hydrogen-bond acceptors (Lipinski definition) is 8. The summed E-state index contributed by atoms with van der Waals surface area (Å²) in [6, 6.07) is -0.567. The van der Waals surface area contributed by atoms with Gasteiger partial charge in [0.1, 0.15) is 12.4 Å². The van der Waals surface area contributed by atoms with Gasteiger partial charge in [0.2, 0.25) is 17.8 Å². The van der Waals surface area contributed by atoms with Crippen LogP contribution in [0.15, 0.2) is 18.7 Å². The summed E-state index contributed by atoms with van der Waals surface area (Å²) in [6.45, 7) is 4.27. The van der Waals surface area contributed by atoms with Gasteiger partial charge in [-0.1, -0.05) is 0 Å². The lowest BCUT2D eigenvalue weighted by molar-refractivity contribution is -0.141. The number of carbonyl (C=O) groups is 1. The summed E-state index contributed by atoms with van der Waals surface area (Å²) in [6.07, 6.45) is 4.93. The Morgan fingerprint density at radius 3 is 2.76 bits per heavy atom. The molecule has 21 heavy (non-hydrogen) atoms. The minimum absolute atomic E-state index is 0.280. The first-order chi connectivity index (χ1) is 10.1. The summed E-state index contributed by atoms with van der Waals surface area (Å²) in [5.41, 5.74) is 0. The molecule has 2 aromatic rings. The number of carbonyl (C=O) groups excluding carboxylic acids is 1. The standard InChI is InChI=1S/C12H17N7O2/c1-4-14-10-16-11(15-8(2)9(20)21-3)18-12(17-10)19-6-5-13-7-19/h5-8H,4H2,1-3H3,(H2,14,15,16,17,18). The van der Waals surface area contributed by atoms with E-state index < -0.39 is 12.0 Å². The summed E-state index contributed by atoms with van der Waals surface area (Å²) < 4.78 is 6.31. The zero-order valence-electron chi connectivity index (χ0n) is 12.1. The van der Waals surface area contributed by atoms with E-state index in [4.69, 9.17) is 0 Å². The Balaban J connectivity index is 2.29. The zero-order chi connectivity index (χ0) is 15.2. The average molecular weight is 291 g/mol. The fourth-order valence-electron chi connectivity index (χ4n) is 1.59. The second-order valence-electron chi connectivity index (χ2n) is 4.17. The molecule has 2 N–H and O–H groups in total. The van der Waals surface area contributed by atoms with Crippen molar-refractivity contribution in [1.82, 2.24) is 24.5 Å². The van der Waals surface area contributed by atoms with Crippen LogP contribution < -0.4 is 10.6 Å². The molecule has 0 aliphatic carbocycles. The summed E-state index contributed by atoms with van der Waals surface area (Å²) in [7, 11) is 1.33. The average Bonchev–Trinajstić information content (AvgIpc) is 3.00. The lowest BCUT2D eigenvalue weighted by atomic mass is 10.3. The highest BCUT2D eigenvalue weighted by Crippen LogP contribution is 2.10. The monoisotopic (exact) mass is 291 g/mol. The predicted molar refractivity (Wildman–Crippen MR) is 76.2 cm³/mol.